The summed E-state index contributed by atoms with van der Waals surface area (Å²) in [5.41, 5.74) is 1.94. The van der Waals surface area contributed by atoms with Gasteiger partial charge in [0.25, 0.3) is 0 Å². The third-order valence-electron chi connectivity index (χ3n) is 4.67. The number of thioether (sulfide) groups is 1. The second-order valence-corrected chi connectivity index (χ2v) is 7.62. The van der Waals surface area contributed by atoms with Gasteiger partial charge in [-0.3, -0.25) is 0 Å². The van der Waals surface area contributed by atoms with E-state index >= 15 is 0 Å². The highest BCUT2D eigenvalue weighted by molar-refractivity contribution is 7.98. The van der Waals surface area contributed by atoms with E-state index in [0.29, 0.717) is 6.61 Å². The average molecular weight is 401 g/mol. The second-order valence-electron chi connectivity index (χ2n) is 6.58. The number of methoxy groups -OCH3 is 3. The summed E-state index contributed by atoms with van der Waals surface area (Å²) in [6.45, 7) is 0.366. The number of ether oxygens (including phenoxy) is 3. The summed E-state index contributed by atoms with van der Waals surface area (Å²) >= 11 is 1.60. The second kappa shape index (κ2) is 10.0. The maximum atomic E-state index is 14.3. The topological polar surface area (TPSA) is 27.7 Å². The summed E-state index contributed by atoms with van der Waals surface area (Å²) in [5, 5.41) is 2.43. The largest absolute Gasteiger partial charge is 0.382 e. The molecule has 0 radical (unpaired) electrons. The minimum atomic E-state index is -0.402. The number of hydrogen-bond donors (Lipinski definition) is 0. The molecule has 3 rings (SSSR count). The number of fused-ring (bicyclic) bond motifs is 1. The molecular weight excluding hydrogens is 375 g/mol. The van der Waals surface area contributed by atoms with Gasteiger partial charge in [-0.05, 0) is 40.1 Å². The maximum Gasteiger partial charge on any atom is 0.124 e. The highest BCUT2D eigenvalue weighted by atomic mass is 32.2. The van der Waals surface area contributed by atoms with Crippen molar-refractivity contribution < 1.29 is 18.6 Å². The van der Waals surface area contributed by atoms with Gasteiger partial charge in [-0.1, -0.05) is 42.5 Å². The first-order chi connectivity index (χ1) is 13.6. The van der Waals surface area contributed by atoms with Crippen LogP contribution < -0.4 is 0 Å². The van der Waals surface area contributed by atoms with Crippen LogP contribution in [0.15, 0.2) is 65.6 Å². The van der Waals surface area contributed by atoms with E-state index in [2.05, 4.69) is 30.3 Å². The van der Waals surface area contributed by atoms with Crippen LogP contribution in [0.25, 0.3) is 10.8 Å². The molecule has 0 saturated heterocycles. The van der Waals surface area contributed by atoms with Crippen molar-refractivity contribution in [2.75, 3.05) is 27.9 Å². The lowest BCUT2D eigenvalue weighted by Crippen LogP contribution is -2.27. The van der Waals surface area contributed by atoms with Crippen molar-refractivity contribution in [3.63, 3.8) is 0 Å². The minimum absolute atomic E-state index is 0.284. The summed E-state index contributed by atoms with van der Waals surface area (Å²) in [7, 11) is 4.80. The Morgan fingerprint density at radius 3 is 2.39 bits per heavy atom. The van der Waals surface area contributed by atoms with Gasteiger partial charge in [0.05, 0.1) is 6.61 Å². The number of rotatable bonds is 9. The lowest BCUT2D eigenvalue weighted by molar-refractivity contribution is -0.0698. The van der Waals surface area contributed by atoms with Gasteiger partial charge in [0.2, 0.25) is 0 Å². The van der Waals surface area contributed by atoms with Gasteiger partial charge < -0.3 is 14.2 Å². The molecule has 0 N–H and O–H groups in total. The first kappa shape index (κ1) is 20.8. The molecule has 0 saturated carbocycles. The molecule has 0 aliphatic heterocycles. The Hall–Kier alpha value is -1.92. The summed E-state index contributed by atoms with van der Waals surface area (Å²) in [5.74, 6) is 0.477. The van der Waals surface area contributed by atoms with Crippen molar-refractivity contribution in [3.8, 4) is 0 Å². The van der Waals surface area contributed by atoms with E-state index in [1.165, 1.54) is 22.4 Å². The Bertz CT molecular complexity index is 915. The van der Waals surface area contributed by atoms with Crippen LogP contribution in [-0.4, -0.2) is 34.0 Å². The first-order valence-corrected chi connectivity index (χ1v) is 10.1. The van der Waals surface area contributed by atoms with Crippen molar-refractivity contribution >= 4 is 22.5 Å². The molecule has 5 heteroatoms. The highest BCUT2D eigenvalue weighted by Crippen LogP contribution is 2.31. The molecule has 3 aromatic rings. The van der Waals surface area contributed by atoms with E-state index < -0.39 is 6.10 Å². The number of halogens is 1. The molecular formula is C23H25FO3S. The molecule has 3 aromatic carbocycles. The SMILES string of the molecule is COC[C@@H](OC)[C@@H](OC)c1cc(F)cc(SCc2ccc3ccccc3c2)c1. The van der Waals surface area contributed by atoms with Gasteiger partial charge in [0, 0.05) is 32.0 Å². The van der Waals surface area contributed by atoms with Crippen molar-refractivity contribution in [3.05, 3.63) is 77.6 Å². The van der Waals surface area contributed by atoms with Gasteiger partial charge in [-0.25, -0.2) is 4.39 Å². The molecule has 0 aliphatic carbocycles. The maximum absolute atomic E-state index is 14.3. The van der Waals surface area contributed by atoms with Gasteiger partial charge in [-0.2, -0.15) is 0 Å². The van der Waals surface area contributed by atoms with Crippen LogP contribution in [0.1, 0.15) is 17.2 Å². The summed E-state index contributed by atoms with van der Waals surface area (Å²) in [6, 6.07) is 19.7. The zero-order valence-corrected chi connectivity index (χ0v) is 17.2. The van der Waals surface area contributed by atoms with Crippen LogP contribution in [0.4, 0.5) is 4.39 Å². The molecule has 0 aromatic heterocycles. The van der Waals surface area contributed by atoms with Crippen molar-refractivity contribution in [2.45, 2.75) is 22.9 Å². The zero-order chi connectivity index (χ0) is 19.9. The van der Waals surface area contributed by atoms with Crippen molar-refractivity contribution in [1.29, 1.82) is 0 Å². The minimum Gasteiger partial charge on any atom is -0.382 e. The molecule has 3 nitrogen and oxygen atoms in total. The third-order valence-corrected chi connectivity index (χ3v) is 5.71. The van der Waals surface area contributed by atoms with Crippen LogP contribution in [0.5, 0.6) is 0 Å². The van der Waals surface area contributed by atoms with E-state index in [0.717, 1.165) is 16.2 Å². The summed E-state index contributed by atoms with van der Waals surface area (Å²) in [4.78, 5) is 0.859. The molecule has 0 amide bonds. The van der Waals surface area contributed by atoms with E-state index in [1.54, 1.807) is 39.2 Å². The molecule has 148 valence electrons. The normalized spacial score (nSPS) is 13.6. The van der Waals surface area contributed by atoms with E-state index in [-0.39, 0.29) is 11.9 Å². The van der Waals surface area contributed by atoms with Crippen LogP contribution in [0, 0.1) is 5.82 Å². The lowest BCUT2D eigenvalue weighted by Gasteiger charge is -2.25. The average Bonchev–Trinajstić information content (AvgIpc) is 2.71. The predicted octanol–water partition coefficient (Wildman–Crippen LogP) is 5.62. The van der Waals surface area contributed by atoms with Crippen LogP contribution in [-0.2, 0) is 20.0 Å². The Kier molecular flexibility index (Phi) is 7.45. The Morgan fingerprint density at radius 1 is 0.893 bits per heavy atom. The number of hydrogen-bond acceptors (Lipinski definition) is 4. The van der Waals surface area contributed by atoms with Gasteiger partial charge in [0.15, 0.2) is 0 Å². The molecule has 0 aliphatic rings. The van der Waals surface area contributed by atoms with Crippen molar-refractivity contribution in [1.82, 2.24) is 0 Å². The van der Waals surface area contributed by atoms with Crippen LogP contribution >= 0.6 is 11.8 Å². The molecule has 0 spiro atoms. The molecule has 0 heterocycles. The quantitative estimate of drug-likeness (QED) is 0.436. The standard InChI is InChI=1S/C23H25FO3S/c1-25-14-22(26-2)23(27-3)19-11-20(24)13-21(12-19)28-15-16-8-9-17-6-4-5-7-18(17)10-16/h4-13,22-23H,14-15H2,1-3H3/t22-,23+/m1/s1. The zero-order valence-electron chi connectivity index (χ0n) is 16.4. The smallest absolute Gasteiger partial charge is 0.124 e. The fourth-order valence-corrected chi connectivity index (χ4v) is 4.20. The van der Waals surface area contributed by atoms with E-state index in [4.69, 9.17) is 14.2 Å². The number of benzene rings is 3. The summed E-state index contributed by atoms with van der Waals surface area (Å²) < 4.78 is 30.5. The fourth-order valence-electron chi connectivity index (χ4n) is 3.27. The first-order valence-electron chi connectivity index (χ1n) is 9.10. The molecule has 0 unspecified atom stereocenters. The third kappa shape index (κ3) is 5.11. The molecule has 28 heavy (non-hydrogen) atoms. The molecule has 0 fully saturated rings. The monoisotopic (exact) mass is 400 g/mol. The predicted molar refractivity (Wildman–Crippen MR) is 112 cm³/mol. The van der Waals surface area contributed by atoms with Crippen molar-refractivity contribution in [2.24, 2.45) is 0 Å². The van der Waals surface area contributed by atoms with E-state index in [1.807, 2.05) is 18.2 Å². The van der Waals surface area contributed by atoms with Gasteiger partial charge in [0.1, 0.15) is 18.0 Å². The Balaban J connectivity index is 1.78. The Labute approximate surface area is 169 Å². The van der Waals surface area contributed by atoms with Crippen LogP contribution in [0.3, 0.4) is 0 Å². The van der Waals surface area contributed by atoms with Crippen LogP contribution in [0.2, 0.25) is 0 Å². The molecule has 2 atom stereocenters. The lowest BCUT2D eigenvalue weighted by atomic mass is 10.0. The Morgan fingerprint density at radius 2 is 1.68 bits per heavy atom. The van der Waals surface area contributed by atoms with Gasteiger partial charge in [-0.15, -0.1) is 11.8 Å². The highest BCUT2D eigenvalue weighted by Gasteiger charge is 2.24. The van der Waals surface area contributed by atoms with E-state index in [9.17, 15) is 4.39 Å². The van der Waals surface area contributed by atoms with Gasteiger partial charge >= 0.3 is 0 Å². The fraction of sp³-hybridized carbons (Fsp3) is 0.304. The molecule has 0 bridgehead atoms. The summed E-state index contributed by atoms with van der Waals surface area (Å²) in [6.07, 6.45) is -0.712.